The van der Waals surface area contributed by atoms with Crippen LogP contribution in [0.3, 0.4) is 0 Å². The molecule has 2 saturated heterocycles. The average molecular weight is 349 g/mol. The quantitative estimate of drug-likeness (QED) is 0.750. The molecule has 1 aromatic heterocycles. The molecule has 2 N–H and O–H groups in total. The Bertz CT molecular complexity index is 595. The molecule has 1 amide bonds. The molecule has 1 aromatic rings. The van der Waals surface area contributed by atoms with Crippen molar-refractivity contribution in [1.82, 2.24) is 15.5 Å². The second kappa shape index (κ2) is 8.49. The molecule has 0 bridgehead atoms. The molecule has 0 radical (unpaired) electrons. The summed E-state index contributed by atoms with van der Waals surface area (Å²) in [6, 6.07) is 3.46. The van der Waals surface area contributed by atoms with Crippen LogP contribution in [0.5, 0.6) is 0 Å². The lowest BCUT2D eigenvalue weighted by Crippen LogP contribution is -2.45. The largest absolute Gasteiger partial charge is 0.463 e. The number of nitrogens with zero attached hydrogens (tertiary/aromatic N) is 1. The number of carbonyl (C=O) groups is 2. The zero-order valence-corrected chi connectivity index (χ0v) is 14.8. The molecule has 2 unspecified atom stereocenters. The van der Waals surface area contributed by atoms with Crippen molar-refractivity contribution in [2.75, 3.05) is 33.3 Å². The van der Waals surface area contributed by atoms with Gasteiger partial charge in [0, 0.05) is 13.1 Å². The number of likely N-dealkylation sites (tertiary alicyclic amines) is 1. The van der Waals surface area contributed by atoms with Crippen LogP contribution in [0.1, 0.15) is 42.0 Å². The molecule has 2 fully saturated rings. The maximum atomic E-state index is 12.1. The summed E-state index contributed by atoms with van der Waals surface area (Å²) in [5, 5.41) is 6.32. The van der Waals surface area contributed by atoms with E-state index in [2.05, 4.69) is 20.3 Å². The van der Waals surface area contributed by atoms with Crippen LogP contribution in [0.25, 0.3) is 0 Å². The molecule has 0 saturated carbocycles. The lowest BCUT2D eigenvalue weighted by Gasteiger charge is -2.32. The highest BCUT2D eigenvalue weighted by Crippen LogP contribution is 2.19. The maximum Gasteiger partial charge on any atom is 0.373 e. The molecule has 7 nitrogen and oxygen atoms in total. The Labute approximate surface area is 148 Å². The third kappa shape index (κ3) is 4.83. The first-order chi connectivity index (χ1) is 12.2. The first-order valence-corrected chi connectivity index (χ1v) is 9.06. The summed E-state index contributed by atoms with van der Waals surface area (Å²) < 4.78 is 10.2. The first kappa shape index (κ1) is 17.9. The van der Waals surface area contributed by atoms with Gasteiger partial charge in [-0.25, -0.2) is 4.79 Å². The molecular formula is C18H27N3O4. The summed E-state index contributed by atoms with van der Waals surface area (Å²) in [5.41, 5.74) is 0. The van der Waals surface area contributed by atoms with Gasteiger partial charge in [-0.2, -0.15) is 0 Å². The molecule has 138 valence electrons. The number of piperidine rings is 1. The van der Waals surface area contributed by atoms with Crippen LogP contribution in [0.15, 0.2) is 16.5 Å². The predicted molar refractivity (Wildman–Crippen MR) is 92.1 cm³/mol. The van der Waals surface area contributed by atoms with E-state index < -0.39 is 5.97 Å². The van der Waals surface area contributed by atoms with Crippen LogP contribution in [0.4, 0.5) is 0 Å². The molecule has 0 aliphatic carbocycles. The molecule has 3 heterocycles. The van der Waals surface area contributed by atoms with E-state index in [9.17, 15) is 9.59 Å². The normalized spacial score (nSPS) is 24.2. The number of rotatable bonds is 6. The minimum absolute atomic E-state index is 0.0143. The van der Waals surface area contributed by atoms with Gasteiger partial charge in [-0.3, -0.25) is 9.69 Å². The monoisotopic (exact) mass is 349 g/mol. The van der Waals surface area contributed by atoms with Gasteiger partial charge in [-0.15, -0.1) is 0 Å². The molecule has 25 heavy (non-hydrogen) atoms. The fourth-order valence-electron chi connectivity index (χ4n) is 3.63. The van der Waals surface area contributed by atoms with Crippen molar-refractivity contribution < 1.29 is 18.7 Å². The minimum Gasteiger partial charge on any atom is -0.463 e. The number of hydrogen-bond acceptors (Lipinski definition) is 6. The zero-order chi connectivity index (χ0) is 17.6. The number of carbonyl (C=O) groups excluding carboxylic acids is 2. The van der Waals surface area contributed by atoms with E-state index in [1.807, 2.05) is 6.07 Å². The van der Waals surface area contributed by atoms with E-state index in [0.717, 1.165) is 57.6 Å². The molecule has 3 rings (SSSR count). The van der Waals surface area contributed by atoms with E-state index in [4.69, 9.17) is 4.42 Å². The molecule has 2 aliphatic rings. The Morgan fingerprint density at radius 1 is 1.36 bits per heavy atom. The number of esters is 1. The van der Waals surface area contributed by atoms with E-state index in [-0.39, 0.29) is 17.7 Å². The number of furan rings is 1. The van der Waals surface area contributed by atoms with Crippen LogP contribution in [0, 0.1) is 5.92 Å². The lowest BCUT2D eigenvalue weighted by atomic mass is 9.97. The second-order valence-electron chi connectivity index (χ2n) is 6.89. The zero-order valence-electron chi connectivity index (χ0n) is 14.8. The van der Waals surface area contributed by atoms with Crippen molar-refractivity contribution in [3.8, 4) is 0 Å². The van der Waals surface area contributed by atoms with Gasteiger partial charge in [0.05, 0.1) is 19.7 Å². The number of nitrogens with one attached hydrogen (secondary N) is 2. The Morgan fingerprint density at radius 3 is 3.00 bits per heavy atom. The predicted octanol–water partition coefficient (Wildman–Crippen LogP) is 1.15. The fourth-order valence-corrected chi connectivity index (χ4v) is 3.63. The topological polar surface area (TPSA) is 83.8 Å². The number of methoxy groups -OCH3 is 1. The van der Waals surface area contributed by atoms with E-state index in [1.165, 1.54) is 7.11 Å². The Morgan fingerprint density at radius 2 is 2.24 bits per heavy atom. The van der Waals surface area contributed by atoms with Gasteiger partial charge in [0.1, 0.15) is 5.76 Å². The number of ether oxygens (including phenoxy) is 1. The summed E-state index contributed by atoms with van der Waals surface area (Å²) in [6.07, 6.45) is 4.24. The average Bonchev–Trinajstić information content (AvgIpc) is 3.31. The van der Waals surface area contributed by atoms with Gasteiger partial charge in [-0.1, -0.05) is 0 Å². The maximum absolute atomic E-state index is 12.1. The summed E-state index contributed by atoms with van der Waals surface area (Å²) in [6.45, 7) is 4.26. The minimum atomic E-state index is -0.453. The third-order valence-electron chi connectivity index (χ3n) is 4.97. The Kier molecular flexibility index (Phi) is 6.09. The lowest BCUT2D eigenvalue weighted by molar-refractivity contribution is -0.123. The highest BCUT2D eigenvalue weighted by Gasteiger charge is 2.25. The van der Waals surface area contributed by atoms with E-state index >= 15 is 0 Å². The molecular weight excluding hydrogens is 322 g/mol. The number of amides is 1. The summed E-state index contributed by atoms with van der Waals surface area (Å²) in [4.78, 5) is 25.9. The van der Waals surface area contributed by atoms with Gasteiger partial charge in [0.25, 0.3) is 0 Å². The van der Waals surface area contributed by atoms with Crippen LogP contribution >= 0.6 is 0 Å². The van der Waals surface area contributed by atoms with Gasteiger partial charge < -0.3 is 19.8 Å². The molecule has 2 aliphatic heterocycles. The highest BCUT2D eigenvalue weighted by atomic mass is 16.5. The smallest absolute Gasteiger partial charge is 0.373 e. The summed E-state index contributed by atoms with van der Waals surface area (Å²) in [7, 11) is 1.34. The summed E-state index contributed by atoms with van der Waals surface area (Å²) >= 11 is 0. The van der Waals surface area contributed by atoms with Crippen molar-refractivity contribution in [2.24, 2.45) is 5.92 Å². The van der Waals surface area contributed by atoms with E-state index in [0.29, 0.717) is 12.5 Å². The van der Waals surface area contributed by atoms with Crippen LogP contribution in [0.2, 0.25) is 0 Å². The molecule has 7 heteroatoms. The standard InChI is InChI=1S/C18H27N3O4/c1-24-18(23)16-7-6-14(25-16)12-21-9-3-4-13(11-21)10-20-17(22)15-5-2-8-19-15/h6-7,13,15,19H,2-5,8-12H2,1H3,(H,20,22). The van der Waals surface area contributed by atoms with Gasteiger partial charge >= 0.3 is 5.97 Å². The second-order valence-corrected chi connectivity index (χ2v) is 6.89. The Balaban J connectivity index is 1.45. The van der Waals surface area contributed by atoms with Crippen molar-refractivity contribution in [2.45, 2.75) is 38.3 Å². The fraction of sp³-hybridized carbons (Fsp3) is 0.667. The van der Waals surface area contributed by atoms with Crippen LogP contribution in [-0.2, 0) is 16.1 Å². The van der Waals surface area contributed by atoms with E-state index in [1.54, 1.807) is 6.07 Å². The number of hydrogen-bond donors (Lipinski definition) is 2. The highest BCUT2D eigenvalue weighted by molar-refractivity contribution is 5.86. The molecule has 0 aromatic carbocycles. The van der Waals surface area contributed by atoms with Gasteiger partial charge in [-0.05, 0) is 56.8 Å². The summed E-state index contributed by atoms with van der Waals surface area (Å²) in [5.74, 6) is 1.13. The Hall–Kier alpha value is -1.86. The van der Waals surface area contributed by atoms with Gasteiger partial charge in [0.15, 0.2) is 0 Å². The molecule has 0 spiro atoms. The van der Waals surface area contributed by atoms with Crippen molar-refractivity contribution in [3.63, 3.8) is 0 Å². The SMILES string of the molecule is COC(=O)c1ccc(CN2CCCC(CNC(=O)C3CCCN3)C2)o1. The molecule has 2 atom stereocenters. The van der Waals surface area contributed by atoms with Crippen molar-refractivity contribution in [1.29, 1.82) is 0 Å². The van der Waals surface area contributed by atoms with Crippen molar-refractivity contribution >= 4 is 11.9 Å². The van der Waals surface area contributed by atoms with Gasteiger partial charge in [0.2, 0.25) is 11.7 Å². The first-order valence-electron chi connectivity index (χ1n) is 9.06. The third-order valence-corrected chi connectivity index (χ3v) is 4.97. The van der Waals surface area contributed by atoms with Crippen LogP contribution in [-0.4, -0.2) is 56.1 Å². The van der Waals surface area contributed by atoms with Crippen molar-refractivity contribution in [3.05, 3.63) is 23.7 Å². The van der Waals surface area contributed by atoms with Crippen LogP contribution < -0.4 is 10.6 Å².